The average molecular weight is 429 g/mol. The highest BCUT2D eigenvalue weighted by molar-refractivity contribution is 7.92. The molecule has 146 valence electrons. The molecule has 0 saturated heterocycles. The Hall–Kier alpha value is -1.76. The van der Waals surface area contributed by atoms with E-state index in [1.165, 1.54) is 18.2 Å². The summed E-state index contributed by atoms with van der Waals surface area (Å²) in [5.41, 5.74) is 1.22. The fourth-order valence-corrected chi connectivity index (χ4v) is 4.31. The summed E-state index contributed by atoms with van der Waals surface area (Å²) < 4.78 is 26.0. The standard InChI is InChI=1S/C19H22Cl2N2O3S/c1-4-18(19(24)22-13(2)14-8-6-5-7-9-14)23(27(3,25)26)15-10-11-16(20)17(21)12-15/h5-13,18H,4H2,1-3H3,(H,22,24)/t13-,18-/m0/s1. The van der Waals surface area contributed by atoms with Crippen molar-refractivity contribution in [3.8, 4) is 0 Å². The number of rotatable bonds is 7. The monoisotopic (exact) mass is 428 g/mol. The lowest BCUT2D eigenvalue weighted by molar-refractivity contribution is -0.122. The van der Waals surface area contributed by atoms with Crippen molar-refractivity contribution in [2.24, 2.45) is 0 Å². The van der Waals surface area contributed by atoms with Crippen molar-refractivity contribution in [2.75, 3.05) is 10.6 Å². The number of benzene rings is 2. The lowest BCUT2D eigenvalue weighted by Crippen LogP contribution is -2.49. The van der Waals surface area contributed by atoms with Crippen molar-refractivity contribution in [1.29, 1.82) is 0 Å². The van der Waals surface area contributed by atoms with Gasteiger partial charge in [0, 0.05) is 0 Å². The Morgan fingerprint density at radius 2 is 1.74 bits per heavy atom. The van der Waals surface area contributed by atoms with Crippen LogP contribution < -0.4 is 9.62 Å². The van der Waals surface area contributed by atoms with Gasteiger partial charge in [-0.2, -0.15) is 0 Å². The smallest absolute Gasteiger partial charge is 0.244 e. The van der Waals surface area contributed by atoms with Gasteiger partial charge in [-0.1, -0.05) is 60.5 Å². The van der Waals surface area contributed by atoms with Crippen molar-refractivity contribution in [2.45, 2.75) is 32.4 Å². The molecule has 2 rings (SSSR count). The predicted molar refractivity (Wildman–Crippen MR) is 111 cm³/mol. The largest absolute Gasteiger partial charge is 0.348 e. The van der Waals surface area contributed by atoms with Crippen molar-refractivity contribution in [1.82, 2.24) is 5.32 Å². The topological polar surface area (TPSA) is 66.5 Å². The number of anilines is 1. The summed E-state index contributed by atoms with van der Waals surface area (Å²) in [5.74, 6) is -0.384. The molecular formula is C19H22Cl2N2O3S. The van der Waals surface area contributed by atoms with Crippen LogP contribution in [0.15, 0.2) is 48.5 Å². The molecule has 0 aliphatic carbocycles. The molecule has 0 saturated carbocycles. The first-order chi connectivity index (χ1) is 12.6. The number of sulfonamides is 1. The number of carbonyl (C=O) groups is 1. The first-order valence-corrected chi connectivity index (χ1v) is 11.0. The predicted octanol–water partition coefficient (Wildman–Crippen LogP) is 4.42. The summed E-state index contributed by atoms with van der Waals surface area (Å²) in [6.07, 6.45) is 1.35. The maximum Gasteiger partial charge on any atom is 0.244 e. The van der Waals surface area contributed by atoms with Crippen LogP contribution in [0.3, 0.4) is 0 Å². The molecular weight excluding hydrogens is 407 g/mol. The van der Waals surface area contributed by atoms with E-state index in [1.807, 2.05) is 37.3 Å². The van der Waals surface area contributed by atoms with Crippen LogP contribution in [-0.4, -0.2) is 26.6 Å². The van der Waals surface area contributed by atoms with Gasteiger partial charge in [0.25, 0.3) is 0 Å². The Bertz CT molecular complexity index is 904. The molecule has 1 amide bonds. The average Bonchev–Trinajstić information content (AvgIpc) is 2.61. The van der Waals surface area contributed by atoms with E-state index >= 15 is 0 Å². The summed E-state index contributed by atoms with van der Waals surface area (Å²) in [6, 6.07) is 12.8. The second-order valence-corrected chi connectivity index (χ2v) is 8.90. The molecule has 5 nitrogen and oxygen atoms in total. The minimum absolute atomic E-state index is 0.218. The molecule has 0 aliphatic rings. The molecule has 0 heterocycles. The van der Waals surface area contributed by atoms with Gasteiger partial charge in [0.15, 0.2) is 0 Å². The molecule has 2 atom stereocenters. The highest BCUT2D eigenvalue weighted by Gasteiger charge is 2.32. The van der Waals surface area contributed by atoms with Crippen LogP contribution in [0, 0.1) is 0 Å². The van der Waals surface area contributed by atoms with Gasteiger partial charge in [-0.25, -0.2) is 8.42 Å². The van der Waals surface area contributed by atoms with Crippen LogP contribution in [0.4, 0.5) is 5.69 Å². The summed E-state index contributed by atoms with van der Waals surface area (Å²) in [5, 5.41) is 3.42. The zero-order valence-corrected chi connectivity index (χ0v) is 17.6. The van der Waals surface area contributed by atoms with Crippen LogP contribution in [0.2, 0.25) is 10.0 Å². The first-order valence-electron chi connectivity index (χ1n) is 8.45. The van der Waals surface area contributed by atoms with Gasteiger partial charge >= 0.3 is 0 Å². The van der Waals surface area contributed by atoms with Crippen molar-refractivity contribution in [3.63, 3.8) is 0 Å². The molecule has 0 aromatic heterocycles. The van der Waals surface area contributed by atoms with E-state index in [2.05, 4.69) is 5.32 Å². The molecule has 2 aromatic carbocycles. The molecule has 0 aliphatic heterocycles. The number of hydrogen-bond donors (Lipinski definition) is 1. The van der Waals surface area contributed by atoms with E-state index in [4.69, 9.17) is 23.2 Å². The zero-order valence-electron chi connectivity index (χ0n) is 15.3. The van der Waals surface area contributed by atoms with E-state index in [-0.39, 0.29) is 17.0 Å². The van der Waals surface area contributed by atoms with Crippen LogP contribution in [0.1, 0.15) is 31.9 Å². The third kappa shape index (κ3) is 5.37. The Balaban J connectivity index is 2.34. The first kappa shape index (κ1) is 21.5. The number of nitrogens with zero attached hydrogens (tertiary/aromatic N) is 1. The van der Waals surface area contributed by atoms with Gasteiger partial charge < -0.3 is 5.32 Å². The molecule has 0 spiro atoms. The van der Waals surface area contributed by atoms with Crippen LogP contribution in [0.5, 0.6) is 0 Å². The summed E-state index contributed by atoms with van der Waals surface area (Å²) >= 11 is 12.0. The number of hydrogen-bond acceptors (Lipinski definition) is 3. The molecule has 8 heteroatoms. The highest BCUT2D eigenvalue weighted by Crippen LogP contribution is 2.30. The Morgan fingerprint density at radius 3 is 2.26 bits per heavy atom. The van der Waals surface area contributed by atoms with Gasteiger partial charge in [0.05, 0.1) is 28.0 Å². The highest BCUT2D eigenvalue weighted by atomic mass is 35.5. The molecule has 0 unspecified atom stereocenters. The Kier molecular flexibility index (Phi) is 7.14. The fourth-order valence-electron chi connectivity index (χ4n) is 2.82. The fraction of sp³-hybridized carbons (Fsp3) is 0.316. The van der Waals surface area contributed by atoms with Crippen LogP contribution in [0.25, 0.3) is 0 Å². The van der Waals surface area contributed by atoms with E-state index < -0.39 is 16.1 Å². The number of halogens is 2. The number of carbonyl (C=O) groups excluding carboxylic acids is 1. The number of nitrogens with one attached hydrogen (secondary N) is 1. The minimum atomic E-state index is -3.73. The third-order valence-electron chi connectivity index (χ3n) is 4.15. The lowest BCUT2D eigenvalue weighted by atomic mass is 10.1. The van der Waals surface area contributed by atoms with Gasteiger partial charge in [-0.15, -0.1) is 0 Å². The normalized spacial score (nSPS) is 13.7. The second-order valence-electron chi connectivity index (χ2n) is 6.22. The minimum Gasteiger partial charge on any atom is -0.348 e. The van der Waals surface area contributed by atoms with Crippen molar-refractivity contribution >= 4 is 44.8 Å². The lowest BCUT2D eigenvalue weighted by Gasteiger charge is -2.31. The Morgan fingerprint density at radius 1 is 1.11 bits per heavy atom. The summed E-state index contributed by atoms with van der Waals surface area (Å²) in [6.45, 7) is 3.61. The SMILES string of the molecule is CC[C@@H](C(=O)N[C@@H](C)c1ccccc1)N(c1ccc(Cl)c(Cl)c1)S(C)(=O)=O. The third-order valence-corrected chi connectivity index (χ3v) is 6.06. The molecule has 0 fully saturated rings. The van der Waals surface area contributed by atoms with E-state index in [1.54, 1.807) is 6.92 Å². The maximum absolute atomic E-state index is 12.9. The zero-order chi connectivity index (χ0) is 20.2. The quantitative estimate of drug-likeness (QED) is 0.709. The molecule has 1 N–H and O–H groups in total. The maximum atomic E-state index is 12.9. The van der Waals surface area contributed by atoms with E-state index in [9.17, 15) is 13.2 Å². The number of amides is 1. The van der Waals surface area contributed by atoms with Crippen LogP contribution in [-0.2, 0) is 14.8 Å². The van der Waals surface area contributed by atoms with E-state index in [0.29, 0.717) is 17.1 Å². The van der Waals surface area contributed by atoms with Crippen molar-refractivity contribution < 1.29 is 13.2 Å². The molecule has 27 heavy (non-hydrogen) atoms. The van der Waals surface area contributed by atoms with Gasteiger partial charge in [0.2, 0.25) is 15.9 Å². The van der Waals surface area contributed by atoms with E-state index in [0.717, 1.165) is 16.1 Å². The Labute approximate surface area is 170 Å². The summed E-state index contributed by atoms with van der Waals surface area (Å²) in [4.78, 5) is 12.9. The van der Waals surface area contributed by atoms with Crippen LogP contribution >= 0.6 is 23.2 Å². The molecule has 0 bridgehead atoms. The summed E-state index contributed by atoms with van der Waals surface area (Å²) in [7, 11) is -3.73. The second kappa shape index (κ2) is 8.95. The molecule has 2 aromatic rings. The van der Waals surface area contributed by atoms with Gasteiger partial charge in [-0.05, 0) is 37.1 Å². The molecule has 0 radical (unpaired) electrons. The van der Waals surface area contributed by atoms with Crippen molar-refractivity contribution in [3.05, 3.63) is 64.1 Å². The van der Waals surface area contributed by atoms with Gasteiger partial charge in [0.1, 0.15) is 6.04 Å². The van der Waals surface area contributed by atoms with Gasteiger partial charge in [-0.3, -0.25) is 9.10 Å².